The SMILES string of the molecule is CCOC(=O)[C@@H]1[C@H]2NC(=S)N[C@]1(C)Oc1ccccc12. The second-order valence-corrected chi connectivity index (χ2v) is 5.46. The number of hydrogen-bond acceptors (Lipinski definition) is 4. The molecule has 3 rings (SSSR count). The number of carbonyl (C=O) groups is 1. The number of ether oxygens (including phenoxy) is 2. The van der Waals surface area contributed by atoms with Crippen LogP contribution in [0, 0.1) is 5.92 Å². The Morgan fingerprint density at radius 2 is 2.25 bits per heavy atom. The van der Waals surface area contributed by atoms with E-state index in [1.165, 1.54) is 0 Å². The van der Waals surface area contributed by atoms with Crippen molar-refractivity contribution in [2.24, 2.45) is 5.92 Å². The van der Waals surface area contributed by atoms with Crippen LogP contribution in [-0.2, 0) is 9.53 Å². The summed E-state index contributed by atoms with van der Waals surface area (Å²) in [5.41, 5.74) is 0.0278. The molecule has 0 spiro atoms. The van der Waals surface area contributed by atoms with E-state index in [2.05, 4.69) is 10.6 Å². The molecule has 2 bridgehead atoms. The van der Waals surface area contributed by atoms with Crippen LogP contribution in [0.5, 0.6) is 5.75 Å². The molecule has 0 radical (unpaired) electrons. The predicted molar refractivity (Wildman–Crippen MR) is 77.2 cm³/mol. The molecule has 5 nitrogen and oxygen atoms in total. The molecule has 0 amide bonds. The summed E-state index contributed by atoms with van der Waals surface area (Å²) in [5, 5.41) is 6.69. The summed E-state index contributed by atoms with van der Waals surface area (Å²) in [4.78, 5) is 12.3. The van der Waals surface area contributed by atoms with Crippen molar-refractivity contribution in [3.8, 4) is 5.75 Å². The van der Waals surface area contributed by atoms with Gasteiger partial charge in [-0.25, -0.2) is 0 Å². The lowest BCUT2D eigenvalue weighted by Gasteiger charge is -2.50. The Hall–Kier alpha value is -1.82. The van der Waals surface area contributed by atoms with E-state index in [1.807, 2.05) is 31.2 Å². The summed E-state index contributed by atoms with van der Waals surface area (Å²) < 4.78 is 11.2. The molecule has 0 aliphatic carbocycles. The molecule has 0 aromatic heterocycles. The van der Waals surface area contributed by atoms with Gasteiger partial charge in [-0.1, -0.05) is 18.2 Å². The smallest absolute Gasteiger partial charge is 0.317 e. The van der Waals surface area contributed by atoms with Crippen molar-refractivity contribution in [1.82, 2.24) is 10.6 Å². The van der Waals surface area contributed by atoms with E-state index in [0.29, 0.717) is 11.7 Å². The predicted octanol–water partition coefficient (Wildman–Crippen LogP) is 1.49. The maximum atomic E-state index is 12.3. The van der Waals surface area contributed by atoms with Gasteiger partial charge in [0.15, 0.2) is 10.8 Å². The van der Waals surface area contributed by atoms with Crippen molar-refractivity contribution >= 4 is 23.3 Å². The van der Waals surface area contributed by atoms with Gasteiger partial charge < -0.3 is 20.1 Å². The third-order valence-corrected chi connectivity index (χ3v) is 3.91. The van der Waals surface area contributed by atoms with Gasteiger partial charge in [0.1, 0.15) is 11.7 Å². The van der Waals surface area contributed by atoms with Crippen LogP contribution >= 0.6 is 12.2 Å². The van der Waals surface area contributed by atoms with E-state index in [-0.39, 0.29) is 12.0 Å². The third-order valence-electron chi connectivity index (χ3n) is 3.69. The molecular formula is C14H16N2O3S. The van der Waals surface area contributed by atoms with Crippen molar-refractivity contribution < 1.29 is 14.3 Å². The minimum atomic E-state index is -0.895. The summed E-state index contributed by atoms with van der Waals surface area (Å²) in [7, 11) is 0. The maximum Gasteiger partial charge on any atom is 0.317 e. The highest BCUT2D eigenvalue weighted by Gasteiger charge is 2.55. The second-order valence-electron chi connectivity index (χ2n) is 5.05. The van der Waals surface area contributed by atoms with Gasteiger partial charge in [-0.2, -0.15) is 0 Å². The highest BCUT2D eigenvalue weighted by atomic mass is 32.1. The van der Waals surface area contributed by atoms with Gasteiger partial charge in [-0.15, -0.1) is 0 Å². The average molecular weight is 292 g/mol. The van der Waals surface area contributed by atoms with Gasteiger partial charge in [-0.3, -0.25) is 4.79 Å². The zero-order valence-electron chi connectivity index (χ0n) is 11.3. The number of esters is 1. The molecule has 1 saturated heterocycles. The number of carbonyl (C=O) groups excluding carboxylic acids is 1. The number of rotatable bonds is 2. The Morgan fingerprint density at radius 1 is 1.50 bits per heavy atom. The van der Waals surface area contributed by atoms with Crippen molar-refractivity contribution in [3.05, 3.63) is 29.8 Å². The molecule has 20 heavy (non-hydrogen) atoms. The van der Waals surface area contributed by atoms with Crippen LogP contribution in [0.1, 0.15) is 25.5 Å². The molecule has 6 heteroatoms. The lowest BCUT2D eigenvalue weighted by Crippen LogP contribution is -2.70. The molecule has 2 N–H and O–H groups in total. The third kappa shape index (κ3) is 1.91. The molecule has 2 aliphatic rings. The highest BCUT2D eigenvalue weighted by molar-refractivity contribution is 7.80. The lowest BCUT2D eigenvalue weighted by atomic mass is 9.80. The molecule has 0 saturated carbocycles. The number of fused-ring (bicyclic) bond motifs is 4. The average Bonchev–Trinajstić information content (AvgIpc) is 2.37. The van der Waals surface area contributed by atoms with Gasteiger partial charge in [0.25, 0.3) is 0 Å². The quantitative estimate of drug-likeness (QED) is 0.636. The van der Waals surface area contributed by atoms with E-state index >= 15 is 0 Å². The van der Waals surface area contributed by atoms with Gasteiger partial charge in [-0.05, 0) is 32.1 Å². The highest BCUT2D eigenvalue weighted by Crippen LogP contribution is 2.44. The van der Waals surface area contributed by atoms with Crippen LogP contribution in [-0.4, -0.2) is 23.4 Å². The molecule has 0 unspecified atom stereocenters. The summed E-state index contributed by atoms with van der Waals surface area (Å²) in [6.45, 7) is 3.95. The fraction of sp³-hybridized carbons (Fsp3) is 0.429. The van der Waals surface area contributed by atoms with E-state index in [0.717, 1.165) is 11.3 Å². The second kappa shape index (κ2) is 4.63. The van der Waals surface area contributed by atoms with E-state index < -0.39 is 11.6 Å². The van der Waals surface area contributed by atoms with Crippen molar-refractivity contribution in [2.75, 3.05) is 6.61 Å². The van der Waals surface area contributed by atoms with Crippen molar-refractivity contribution in [3.63, 3.8) is 0 Å². The largest absolute Gasteiger partial charge is 0.467 e. The van der Waals surface area contributed by atoms with Gasteiger partial charge in [0.2, 0.25) is 0 Å². The minimum Gasteiger partial charge on any atom is -0.467 e. The molecule has 1 aromatic carbocycles. The van der Waals surface area contributed by atoms with Crippen LogP contribution in [0.2, 0.25) is 0 Å². The van der Waals surface area contributed by atoms with Gasteiger partial charge in [0, 0.05) is 5.56 Å². The Labute approximate surface area is 122 Å². The number of thiocarbonyl (C=S) groups is 1. The number of nitrogens with one attached hydrogen (secondary N) is 2. The maximum absolute atomic E-state index is 12.3. The van der Waals surface area contributed by atoms with Gasteiger partial charge >= 0.3 is 5.97 Å². The summed E-state index contributed by atoms with van der Waals surface area (Å²) in [6.07, 6.45) is 0. The van der Waals surface area contributed by atoms with Crippen LogP contribution < -0.4 is 15.4 Å². The van der Waals surface area contributed by atoms with Gasteiger partial charge in [0.05, 0.1) is 12.6 Å². The first-order chi connectivity index (χ1) is 9.55. The normalized spacial score (nSPS) is 30.4. The summed E-state index contributed by atoms with van der Waals surface area (Å²) >= 11 is 5.21. The fourth-order valence-corrected chi connectivity index (χ4v) is 3.21. The Bertz CT molecular complexity index is 577. The first-order valence-electron chi connectivity index (χ1n) is 6.58. The van der Waals surface area contributed by atoms with Crippen LogP contribution in [0.25, 0.3) is 0 Å². The zero-order valence-corrected chi connectivity index (χ0v) is 12.1. The zero-order chi connectivity index (χ0) is 14.3. The van der Waals surface area contributed by atoms with E-state index in [4.69, 9.17) is 21.7 Å². The van der Waals surface area contributed by atoms with Crippen molar-refractivity contribution in [2.45, 2.75) is 25.6 Å². The molecule has 1 fully saturated rings. The summed E-state index contributed by atoms with van der Waals surface area (Å²) in [6, 6.07) is 7.41. The van der Waals surface area contributed by atoms with Crippen molar-refractivity contribution in [1.29, 1.82) is 0 Å². The van der Waals surface area contributed by atoms with E-state index in [9.17, 15) is 4.79 Å². The summed E-state index contributed by atoms with van der Waals surface area (Å²) in [5.74, 6) is -0.0379. The fourth-order valence-electron chi connectivity index (χ4n) is 2.88. The Balaban J connectivity index is 2.08. The van der Waals surface area contributed by atoms with Crippen LogP contribution in [0.3, 0.4) is 0 Å². The molecule has 106 valence electrons. The topological polar surface area (TPSA) is 59.6 Å². The lowest BCUT2D eigenvalue weighted by molar-refractivity contribution is -0.161. The molecular weight excluding hydrogens is 276 g/mol. The minimum absolute atomic E-state index is 0.238. The number of para-hydroxylation sites is 1. The molecule has 3 atom stereocenters. The molecule has 2 aliphatic heterocycles. The monoisotopic (exact) mass is 292 g/mol. The van der Waals surface area contributed by atoms with Crippen LogP contribution in [0.15, 0.2) is 24.3 Å². The molecule has 2 heterocycles. The first-order valence-corrected chi connectivity index (χ1v) is 6.99. The van der Waals surface area contributed by atoms with Crippen LogP contribution in [0.4, 0.5) is 0 Å². The Kier molecular flexibility index (Phi) is 3.05. The Morgan fingerprint density at radius 3 is 3.00 bits per heavy atom. The number of hydrogen-bond donors (Lipinski definition) is 2. The standard InChI is InChI=1S/C14H16N2O3S/c1-3-18-12(17)10-11-8-6-4-5-7-9(8)19-14(10,2)16-13(20)15-11/h4-7,10-11H,3H2,1-2H3,(H2,15,16,20)/t10-,11-,14+/m0/s1. The first kappa shape index (κ1) is 13.2. The van der Waals surface area contributed by atoms with E-state index in [1.54, 1.807) is 6.92 Å². The molecule has 1 aromatic rings. The number of benzene rings is 1.